The van der Waals surface area contributed by atoms with Crippen molar-refractivity contribution >= 4 is 15.9 Å². The molecule has 1 aliphatic rings. The molecule has 23 heavy (non-hydrogen) atoms. The lowest BCUT2D eigenvalue weighted by Crippen LogP contribution is -2.32. The predicted molar refractivity (Wildman–Crippen MR) is 85.2 cm³/mol. The summed E-state index contributed by atoms with van der Waals surface area (Å²) in [7, 11) is -3.84. The molecule has 0 saturated carbocycles. The smallest absolute Gasteiger partial charge is 0.264 e. The molecule has 1 atom stereocenters. The second kappa shape index (κ2) is 6.52. The van der Waals surface area contributed by atoms with Gasteiger partial charge in [0.05, 0.1) is 24.0 Å². The van der Waals surface area contributed by atoms with Crippen LogP contribution in [0.4, 0.5) is 0 Å². The second-order valence-corrected chi connectivity index (χ2v) is 7.04. The summed E-state index contributed by atoms with van der Waals surface area (Å²) in [4.78, 5) is 12.2. The minimum Gasteiger partial charge on any atom is -0.373 e. The quantitative estimate of drug-likeness (QED) is 0.932. The van der Waals surface area contributed by atoms with E-state index in [0.29, 0.717) is 6.61 Å². The molecule has 0 aliphatic carbocycles. The van der Waals surface area contributed by atoms with Crippen molar-refractivity contribution in [2.45, 2.75) is 23.8 Å². The van der Waals surface area contributed by atoms with Crippen molar-refractivity contribution < 1.29 is 17.9 Å². The van der Waals surface area contributed by atoms with Gasteiger partial charge >= 0.3 is 0 Å². The predicted octanol–water partition coefficient (Wildman–Crippen LogP) is 2.20. The minimum absolute atomic E-state index is 0.0247. The fourth-order valence-corrected chi connectivity index (χ4v) is 3.68. The van der Waals surface area contributed by atoms with Gasteiger partial charge in [-0.25, -0.2) is 13.1 Å². The fourth-order valence-electron chi connectivity index (χ4n) is 2.66. The Morgan fingerprint density at radius 2 is 1.78 bits per heavy atom. The number of fused-ring (bicyclic) bond motifs is 1. The van der Waals surface area contributed by atoms with E-state index in [0.717, 1.165) is 17.5 Å². The van der Waals surface area contributed by atoms with Gasteiger partial charge in [0, 0.05) is 0 Å². The van der Waals surface area contributed by atoms with Gasteiger partial charge in [-0.2, -0.15) is 0 Å². The Labute approximate surface area is 135 Å². The van der Waals surface area contributed by atoms with Crippen molar-refractivity contribution in [2.75, 3.05) is 6.61 Å². The van der Waals surface area contributed by atoms with Crippen molar-refractivity contribution in [3.63, 3.8) is 0 Å². The topological polar surface area (TPSA) is 72.5 Å². The van der Waals surface area contributed by atoms with E-state index >= 15 is 0 Å². The highest BCUT2D eigenvalue weighted by molar-refractivity contribution is 7.90. The molecule has 5 nitrogen and oxygen atoms in total. The molecule has 0 bridgehead atoms. The number of carbonyl (C=O) groups is 1. The average Bonchev–Trinajstić information content (AvgIpc) is 2.55. The van der Waals surface area contributed by atoms with Crippen LogP contribution in [0.2, 0.25) is 0 Å². The zero-order valence-corrected chi connectivity index (χ0v) is 13.3. The Kier molecular flexibility index (Phi) is 4.45. The number of nitrogens with one attached hydrogen (secondary N) is 1. The Hall–Kier alpha value is -2.18. The van der Waals surface area contributed by atoms with E-state index in [2.05, 4.69) is 4.72 Å². The summed E-state index contributed by atoms with van der Waals surface area (Å²) in [6.45, 7) is 0.528. The molecule has 2 aromatic rings. The zero-order chi connectivity index (χ0) is 16.3. The molecule has 0 aromatic heterocycles. The maximum Gasteiger partial charge on any atom is 0.264 e. The van der Waals surface area contributed by atoms with Crippen LogP contribution in [-0.2, 0) is 26.0 Å². The molecule has 0 saturated heterocycles. The number of amides is 1. The van der Waals surface area contributed by atoms with Gasteiger partial charge in [0.2, 0.25) is 5.91 Å². The van der Waals surface area contributed by atoms with Crippen LogP contribution >= 0.6 is 0 Å². The second-order valence-electron chi connectivity index (χ2n) is 5.35. The average molecular weight is 331 g/mol. The van der Waals surface area contributed by atoms with Crippen LogP contribution in [-0.4, -0.2) is 20.9 Å². The van der Waals surface area contributed by atoms with Crippen LogP contribution < -0.4 is 4.72 Å². The molecule has 6 heteroatoms. The lowest BCUT2D eigenvalue weighted by molar-refractivity contribution is -0.122. The molecule has 0 fully saturated rings. The minimum atomic E-state index is -3.84. The van der Waals surface area contributed by atoms with E-state index in [1.165, 1.54) is 12.1 Å². The fraction of sp³-hybridized carbons (Fsp3) is 0.235. The first-order valence-corrected chi connectivity index (χ1v) is 8.85. The number of sulfonamides is 1. The maximum atomic E-state index is 12.2. The van der Waals surface area contributed by atoms with Crippen molar-refractivity contribution in [3.8, 4) is 0 Å². The Balaban J connectivity index is 1.71. The van der Waals surface area contributed by atoms with Gasteiger partial charge in [0.1, 0.15) is 0 Å². The number of rotatable bonds is 4. The van der Waals surface area contributed by atoms with E-state index in [1.54, 1.807) is 18.2 Å². The van der Waals surface area contributed by atoms with Gasteiger partial charge in [-0.05, 0) is 29.7 Å². The highest BCUT2D eigenvalue weighted by Gasteiger charge is 2.25. The van der Waals surface area contributed by atoms with E-state index in [-0.39, 0.29) is 11.3 Å². The molecule has 1 heterocycles. The van der Waals surface area contributed by atoms with Crippen LogP contribution in [0.25, 0.3) is 0 Å². The van der Waals surface area contributed by atoms with Crippen molar-refractivity contribution in [3.05, 3.63) is 65.7 Å². The largest absolute Gasteiger partial charge is 0.373 e. The van der Waals surface area contributed by atoms with Crippen LogP contribution in [0.1, 0.15) is 23.7 Å². The molecule has 1 N–H and O–H groups in total. The molecular formula is C17H17NO4S. The molecule has 2 aromatic carbocycles. The summed E-state index contributed by atoms with van der Waals surface area (Å²) in [6.07, 6.45) is 0.366. The van der Waals surface area contributed by atoms with Gasteiger partial charge in [-0.3, -0.25) is 4.79 Å². The van der Waals surface area contributed by atoms with E-state index in [4.69, 9.17) is 4.74 Å². The van der Waals surface area contributed by atoms with E-state index in [1.807, 2.05) is 24.3 Å². The Bertz CT molecular complexity index is 802. The highest BCUT2D eigenvalue weighted by Crippen LogP contribution is 2.29. The number of benzene rings is 2. The van der Waals surface area contributed by atoms with Crippen molar-refractivity contribution in [1.29, 1.82) is 0 Å². The zero-order valence-electron chi connectivity index (χ0n) is 12.4. The van der Waals surface area contributed by atoms with Gasteiger partial charge < -0.3 is 4.74 Å². The van der Waals surface area contributed by atoms with Crippen LogP contribution in [0.3, 0.4) is 0 Å². The van der Waals surface area contributed by atoms with Gasteiger partial charge in [0.15, 0.2) is 0 Å². The lowest BCUT2D eigenvalue weighted by Gasteiger charge is -2.25. The monoisotopic (exact) mass is 331 g/mol. The molecule has 0 spiro atoms. The number of hydrogen-bond donors (Lipinski definition) is 1. The summed E-state index contributed by atoms with van der Waals surface area (Å²) in [5.41, 5.74) is 2.09. The van der Waals surface area contributed by atoms with Gasteiger partial charge in [-0.15, -0.1) is 0 Å². The summed E-state index contributed by atoms with van der Waals surface area (Å²) >= 11 is 0. The third-order valence-corrected chi connectivity index (χ3v) is 5.15. The number of carbonyl (C=O) groups excluding carboxylic acids is 1. The third kappa shape index (κ3) is 3.60. The summed E-state index contributed by atoms with van der Waals surface area (Å²) in [5, 5.41) is 0. The van der Waals surface area contributed by atoms with Crippen molar-refractivity contribution in [2.24, 2.45) is 0 Å². The molecule has 0 radical (unpaired) electrons. The molecule has 3 rings (SSSR count). The molecule has 1 aliphatic heterocycles. The summed E-state index contributed by atoms with van der Waals surface area (Å²) in [6, 6.07) is 15.6. The first-order chi connectivity index (χ1) is 11.1. The molecule has 1 unspecified atom stereocenters. The third-order valence-electron chi connectivity index (χ3n) is 3.76. The Morgan fingerprint density at radius 3 is 2.57 bits per heavy atom. The van der Waals surface area contributed by atoms with Crippen LogP contribution in [0.15, 0.2) is 59.5 Å². The molecular weight excluding hydrogens is 314 g/mol. The maximum absolute atomic E-state index is 12.2. The lowest BCUT2D eigenvalue weighted by atomic mass is 9.96. The van der Waals surface area contributed by atoms with E-state index < -0.39 is 22.0 Å². The van der Waals surface area contributed by atoms with E-state index in [9.17, 15) is 13.2 Å². The first-order valence-electron chi connectivity index (χ1n) is 7.36. The van der Waals surface area contributed by atoms with Crippen molar-refractivity contribution in [1.82, 2.24) is 4.72 Å². The first kappa shape index (κ1) is 15.7. The van der Waals surface area contributed by atoms with Crippen LogP contribution in [0, 0.1) is 0 Å². The highest BCUT2D eigenvalue weighted by atomic mass is 32.2. The normalized spacial score (nSPS) is 17.3. The molecule has 1 amide bonds. The Morgan fingerprint density at radius 1 is 1.09 bits per heavy atom. The standard InChI is InChI=1S/C17H17NO4S/c19-17(18-23(20,21)14-7-2-1-3-8-14)12-16-15-9-5-4-6-13(15)10-11-22-16/h1-9,16H,10-12H2,(H,18,19). The van der Waals surface area contributed by atoms with Gasteiger partial charge in [-0.1, -0.05) is 42.5 Å². The van der Waals surface area contributed by atoms with Crippen LogP contribution in [0.5, 0.6) is 0 Å². The number of ether oxygens (including phenoxy) is 1. The van der Waals surface area contributed by atoms with Gasteiger partial charge in [0.25, 0.3) is 10.0 Å². The SMILES string of the molecule is O=C(CC1OCCc2ccccc21)NS(=O)(=O)c1ccccc1. The summed E-state index contributed by atoms with van der Waals surface area (Å²) in [5.74, 6) is -0.574. The number of hydrogen-bond acceptors (Lipinski definition) is 4. The molecule has 120 valence electrons. The summed E-state index contributed by atoms with van der Waals surface area (Å²) < 4.78 is 32.1.